The van der Waals surface area contributed by atoms with Gasteiger partial charge in [-0.05, 0) is 18.4 Å². The van der Waals surface area contributed by atoms with E-state index in [1.165, 1.54) is 5.56 Å². The van der Waals surface area contributed by atoms with Crippen molar-refractivity contribution in [3.05, 3.63) is 35.9 Å². The molecule has 98 valence electrons. The predicted octanol–water partition coefficient (Wildman–Crippen LogP) is 1.90. The molecule has 1 aromatic carbocycles. The molecule has 1 N–H and O–H groups in total. The number of benzene rings is 1. The highest BCUT2D eigenvalue weighted by molar-refractivity contribution is 7.99. The summed E-state index contributed by atoms with van der Waals surface area (Å²) < 4.78 is 0. The topological polar surface area (TPSA) is 40.5 Å². The molecule has 0 spiro atoms. The summed E-state index contributed by atoms with van der Waals surface area (Å²) in [5.74, 6) is 1.51. The molecule has 1 amide bonds. The summed E-state index contributed by atoms with van der Waals surface area (Å²) in [5.41, 5.74) is 1.24. The first kappa shape index (κ1) is 13.4. The molecule has 1 fully saturated rings. The third-order valence-corrected chi connectivity index (χ3v) is 4.07. The Hall–Kier alpha value is -1.00. The number of β-amino-alcohol motifs (C(OH)–C–C–N with tert-alkyl or cyclic N) is 1. The van der Waals surface area contributed by atoms with Gasteiger partial charge in [0.05, 0.1) is 11.9 Å². The summed E-state index contributed by atoms with van der Waals surface area (Å²) in [5, 5.41) is 9.53. The second-order valence-electron chi connectivity index (χ2n) is 4.61. The van der Waals surface area contributed by atoms with Crippen LogP contribution in [0.25, 0.3) is 0 Å². The quantitative estimate of drug-likeness (QED) is 0.904. The molecule has 1 aliphatic heterocycles. The maximum absolute atomic E-state index is 11.9. The van der Waals surface area contributed by atoms with Crippen LogP contribution in [-0.2, 0) is 10.5 Å². The molecule has 3 nitrogen and oxygen atoms in total. The Kier molecular flexibility index (Phi) is 5.08. The average molecular weight is 265 g/mol. The van der Waals surface area contributed by atoms with E-state index in [0.717, 1.165) is 25.1 Å². The monoisotopic (exact) mass is 265 g/mol. The van der Waals surface area contributed by atoms with Gasteiger partial charge in [0, 0.05) is 18.8 Å². The Balaban J connectivity index is 1.71. The van der Waals surface area contributed by atoms with Gasteiger partial charge >= 0.3 is 0 Å². The summed E-state index contributed by atoms with van der Waals surface area (Å²) in [6.07, 6.45) is 1.40. The van der Waals surface area contributed by atoms with Gasteiger partial charge in [-0.1, -0.05) is 30.3 Å². The van der Waals surface area contributed by atoms with Crippen molar-refractivity contribution in [3.63, 3.8) is 0 Å². The SMILES string of the molecule is O=C(CSCc1ccccc1)N1CCC[C@H](O)C1. The van der Waals surface area contributed by atoms with Crippen molar-refractivity contribution in [1.82, 2.24) is 4.90 Å². The first-order valence-corrected chi connectivity index (χ1v) is 7.48. The maximum atomic E-state index is 11.9. The van der Waals surface area contributed by atoms with Crippen molar-refractivity contribution in [2.24, 2.45) is 0 Å². The van der Waals surface area contributed by atoms with Crippen molar-refractivity contribution in [2.75, 3.05) is 18.8 Å². The second kappa shape index (κ2) is 6.81. The van der Waals surface area contributed by atoms with Crippen molar-refractivity contribution in [2.45, 2.75) is 24.7 Å². The fraction of sp³-hybridized carbons (Fsp3) is 0.500. The van der Waals surface area contributed by atoms with Gasteiger partial charge in [0.25, 0.3) is 0 Å². The van der Waals surface area contributed by atoms with E-state index in [1.54, 1.807) is 16.7 Å². The van der Waals surface area contributed by atoms with Crippen LogP contribution >= 0.6 is 11.8 Å². The Bertz CT molecular complexity index is 383. The van der Waals surface area contributed by atoms with Crippen LogP contribution in [0.15, 0.2) is 30.3 Å². The van der Waals surface area contributed by atoms with Crippen LogP contribution in [0.4, 0.5) is 0 Å². The Morgan fingerprint density at radius 1 is 1.39 bits per heavy atom. The van der Waals surface area contributed by atoms with Gasteiger partial charge in [0.1, 0.15) is 0 Å². The van der Waals surface area contributed by atoms with E-state index in [2.05, 4.69) is 12.1 Å². The molecule has 0 unspecified atom stereocenters. The minimum Gasteiger partial charge on any atom is -0.391 e. The third kappa shape index (κ3) is 4.03. The number of hydrogen-bond acceptors (Lipinski definition) is 3. The van der Waals surface area contributed by atoms with E-state index < -0.39 is 0 Å². The molecule has 2 rings (SSSR count). The van der Waals surface area contributed by atoms with Gasteiger partial charge in [0.15, 0.2) is 0 Å². The lowest BCUT2D eigenvalue weighted by Gasteiger charge is -2.30. The number of nitrogens with zero attached hydrogens (tertiary/aromatic N) is 1. The number of rotatable bonds is 4. The molecule has 0 radical (unpaired) electrons. The Morgan fingerprint density at radius 3 is 2.89 bits per heavy atom. The molecule has 1 saturated heterocycles. The second-order valence-corrected chi connectivity index (χ2v) is 5.60. The number of piperidine rings is 1. The molecular formula is C14H19NO2S. The van der Waals surface area contributed by atoms with Gasteiger partial charge in [-0.3, -0.25) is 4.79 Å². The maximum Gasteiger partial charge on any atom is 0.232 e. The van der Waals surface area contributed by atoms with E-state index >= 15 is 0 Å². The predicted molar refractivity (Wildman–Crippen MR) is 74.4 cm³/mol. The molecule has 1 heterocycles. The number of thioether (sulfide) groups is 1. The van der Waals surface area contributed by atoms with Crippen LogP contribution in [-0.4, -0.2) is 40.9 Å². The zero-order valence-electron chi connectivity index (χ0n) is 10.4. The minimum atomic E-state index is -0.332. The van der Waals surface area contributed by atoms with Crippen LogP contribution in [0.1, 0.15) is 18.4 Å². The van der Waals surface area contributed by atoms with E-state index in [9.17, 15) is 9.90 Å². The first-order valence-electron chi connectivity index (χ1n) is 6.33. The van der Waals surface area contributed by atoms with Gasteiger partial charge in [-0.25, -0.2) is 0 Å². The lowest BCUT2D eigenvalue weighted by atomic mass is 10.1. The fourth-order valence-corrected chi connectivity index (χ4v) is 2.99. The van der Waals surface area contributed by atoms with Crippen molar-refractivity contribution in [1.29, 1.82) is 0 Å². The highest BCUT2D eigenvalue weighted by Gasteiger charge is 2.21. The number of carbonyl (C=O) groups excluding carboxylic acids is 1. The highest BCUT2D eigenvalue weighted by atomic mass is 32.2. The Morgan fingerprint density at radius 2 is 2.17 bits per heavy atom. The summed E-state index contributed by atoms with van der Waals surface area (Å²) in [7, 11) is 0. The number of aliphatic hydroxyl groups excluding tert-OH is 1. The molecule has 1 atom stereocenters. The summed E-state index contributed by atoms with van der Waals surface area (Å²) in [4.78, 5) is 13.7. The third-order valence-electron chi connectivity index (χ3n) is 3.09. The van der Waals surface area contributed by atoms with Crippen LogP contribution in [0.3, 0.4) is 0 Å². The normalized spacial score (nSPS) is 19.8. The van der Waals surface area contributed by atoms with E-state index in [1.807, 2.05) is 18.2 Å². The number of hydrogen-bond donors (Lipinski definition) is 1. The Labute approximate surface area is 112 Å². The lowest BCUT2D eigenvalue weighted by Crippen LogP contribution is -2.43. The van der Waals surface area contributed by atoms with Crippen LogP contribution in [0, 0.1) is 0 Å². The average Bonchev–Trinajstić information content (AvgIpc) is 2.40. The standard InChI is InChI=1S/C14H19NO2S/c16-13-7-4-8-15(9-13)14(17)11-18-10-12-5-2-1-3-6-12/h1-3,5-6,13,16H,4,7-11H2/t13-/m0/s1. The lowest BCUT2D eigenvalue weighted by molar-refractivity contribution is -0.131. The number of amides is 1. The van der Waals surface area contributed by atoms with Crippen LogP contribution < -0.4 is 0 Å². The zero-order chi connectivity index (χ0) is 12.8. The van der Waals surface area contributed by atoms with Crippen molar-refractivity contribution < 1.29 is 9.90 Å². The molecule has 18 heavy (non-hydrogen) atoms. The minimum absolute atomic E-state index is 0.148. The summed E-state index contributed by atoms with van der Waals surface area (Å²) in [6, 6.07) is 10.2. The molecule has 0 aliphatic carbocycles. The molecule has 1 aromatic rings. The molecular weight excluding hydrogens is 246 g/mol. The van der Waals surface area contributed by atoms with Gasteiger partial charge in [-0.15, -0.1) is 11.8 Å². The van der Waals surface area contributed by atoms with E-state index in [0.29, 0.717) is 12.3 Å². The van der Waals surface area contributed by atoms with E-state index in [4.69, 9.17) is 0 Å². The molecule has 0 saturated carbocycles. The van der Waals surface area contributed by atoms with Crippen LogP contribution in [0.5, 0.6) is 0 Å². The molecule has 0 bridgehead atoms. The highest BCUT2D eigenvalue weighted by Crippen LogP contribution is 2.15. The van der Waals surface area contributed by atoms with Crippen molar-refractivity contribution in [3.8, 4) is 0 Å². The fourth-order valence-electron chi connectivity index (χ4n) is 2.10. The van der Waals surface area contributed by atoms with Gasteiger partial charge in [0.2, 0.25) is 5.91 Å². The number of likely N-dealkylation sites (tertiary alicyclic amines) is 1. The number of carbonyl (C=O) groups is 1. The molecule has 0 aromatic heterocycles. The molecule has 4 heteroatoms. The van der Waals surface area contributed by atoms with Gasteiger partial charge in [-0.2, -0.15) is 0 Å². The molecule has 1 aliphatic rings. The largest absolute Gasteiger partial charge is 0.391 e. The van der Waals surface area contributed by atoms with E-state index in [-0.39, 0.29) is 12.0 Å². The zero-order valence-corrected chi connectivity index (χ0v) is 11.2. The summed E-state index contributed by atoms with van der Waals surface area (Å²) in [6.45, 7) is 1.30. The van der Waals surface area contributed by atoms with Crippen LogP contribution in [0.2, 0.25) is 0 Å². The van der Waals surface area contributed by atoms with Crippen molar-refractivity contribution >= 4 is 17.7 Å². The number of aliphatic hydroxyl groups is 1. The smallest absolute Gasteiger partial charge is 0.232 e. The first-order chi connectivity index (χ1) is 8.75. The van der Waals surface area contributed by atoms with Gasteiger partial charge < -0.3 is 10.0 Å². The summed E-state index contributed by atoms with van der Waals surface area (Å²) >= 11 is 1.64.